The van der Waals surface area contributed by atoms with Gasteiger partial charge in [-0.25, -0.2) is 4.79 Å². The third-order valence-electron chi connectivity index (χ3n) is 1.83. The SMILES string of the molecule is Cc1cc([N+](=O)[O-])c2c(c1)=NC(=O)N=2. The van der Waals surface area contributed by atoms with Crippen molar-refractivity contribution in [2.75, 3.05) is 0 Å². The van der Waals surface area contributed by atoms with E-state index >= 15 is 0 Å². The smallest absolute Gasteiger partial charge is 0.258 e. The normalized spacial score (nSPS) is 13.1. The molecule has 2 amide bonds. The van der Waals surface area contributed by atoms with Crippen LogP contribution >= 0.6 is 0 Å². The van der Waals surface area contributed by atoms with Gasteiger partial charge in [0.2, 0.25) is 0 Å². The third kappa shape index (κ3) is 1.17. The van der Waals surface area contributed by atoms with Gasteiger partial charge < -0.3 is 0 Å². The zero-order valence-electron chi connectivity index (χ0n) is 7.22. The molecule has 1 aromatic rings. The largest absolute Gasteiger partial charge is 0.368 e. The van der Waals surface area contributed by atoms with Crippen LogP contribution in [0, 0.1) is 17.0 Å². The number of nitro groups is 1. The molecular formula is C8H5N3O3. The highest BCUT2D eigenvalue weighted by Crippen LogP contribution is 2.05. The molecule has 1 aromatic carbocycles. The van der Waals surface area contributed by atoms with Crippen molar-refractivity contribution in [1.82, 2.24) is 0 Å². The minimum Gasteiger partial charge on any atom is -0.258 e. The molecule has 1 heterocycles. The minimum atomic E-state index is -0.686. The summed E-state index contributed by atoms with van der Waals surface area (Å²) in [4.78, 5) is 27.9. The van der Waals surface area contributed by atoms with Crippen LogP contribution in [0.25, 0.3) is 0 Å². The Balaban J connectivity index is 2.91. The number of fused-ring (bicyclic) bond motifs is 1. The van der Waals surface area contributed by atoms with Gasteiger partial charge in [-0.3, -0.25) is 10.1 Å². The molecule has 0 saturated carbocycles. The highest BCUT2D eigenvalue weighted by molar-refractivity contribution is 5.78. The third-order valence-corrected chi connectivity index (χ3v) is 1.83. The van der Waals surface area contributed by atoms with Crippen molar-refractivity contribution in [1.29, 1.82) is 0 Å². The molecule has 0 aliphatic carbocycles. The number of rotatable bonds is 1. The number of urea groups is 1. The second kappa shape index (κ2) is 2.69. The second-order valence-corrected chi connectivity index (χ2v) is 2.92. The molecule has 1 aliphatic rings. The number of amides is 2. The highest BCUT2D eigenvalue weighted by atomic mass is 16.6. The standard InChI is InChI=1S/C8H5N3O3/c1-4-2-5-7(10-8(12)9-5)6(3-4)11(13)14/h2-3H,1H3. The predicted molar refractivity (Wildman–Crippen MR) is 45.5 cm³/mol. The minimum absolute atomic E-state index is 0.0607. The molecule has 0 N–H and O–H groups in total. The maximum atomic E-state index is 10.8. The van der Waals surface area contributed by atoms with Gasteiger partial charge in [0.15, 0.2) is 5.36 Å². The van der Waals surface area contributed by atoms with Crippen molar-refractivity contribution in [3.05, 3.63) is 38.5 Å². The molecular weight excluding hydrogens is 186 g/mol. The molecule has 0 unspecified atom stereocenters. The van der Waals surface area contributed by atoms with E-state index in [1.54, 1.807) is 13.0 Å². The van der Waals surface area contributed by atoms with Gasteiger partial charge in [-0.15, -0.1) is 0 Å². The maximum absolute atomic E-state index is 10.8. The number of nitrogens with zero attached hydrogens (tertiary/aromatic N) is 3. The van der Waals surface area contributed by atoms with Gasteiger partial charge in [0.05, 0.1) is 4.92 Å². The van der Waals surface area contributed by atoms with Gasteiger partial charge in [0.1, 0.15) is 5.36 Å². The van der Waals surface area contributed by atoms with Gasteiger partial charge in [-0.2, -0.15) is 9.98 Å². The van der Waals surface area contributed by atoms with Crippen LogP contribution in [0.4, 0.5) is 10.5 Å². The zero-order chi connectivity index (χ0) is 10.3. The van der Waals surface area contributed by atoms with Crippen LogP contribution in [-0.2, 0) is 0 Å². The lowest BCUT2D eigenvalue weighted by Crippen LogP contribution is -2.25. The number of benzene rings is 1. The van der Waals surface area contributed by atoms with Crippen molar-refractivity contribution in [2.45, 2.75) is 6.92 Å². The number of hydrogen-bond donors (Lipinski definition) is 0. The number of nitro benzene ring substituents is 1. The lowest BCUT2D eigenvalue weighted by Gasteiger charge is -1.92. The van der Waals surface area contributed by atoms with E-state index in [1.165, 1.54) is 6.07 Å². The Labute approximate surface area is 77.8 Å². The van der Waals surface area contributed by atoms with Crippen LogP contribution in [0.2, 0.25) is 0 Å². The van der Waals surface area contributed by atoms with Gasteiger partial charge in [0, 0.05) is 6.07 Å². The predicted octanol–water partition coefficient (Wildman–Crippen LogP) is 0.276. The van der Waals surface area contributed by atoms with Crippen LogP contribution in [0.1, 0.15) is 5.56 Å². The van der Waals surface area contributed by atoms with E-state index in [2.05, 4.69) is 9.98 Å². The molecule has 2 rings (SSSR count). The van der Waals surface area contributed by atoms with E-state index in [4.69, 9.17) is 0 Å². The lowest BCUT2D eigenvalue weighted by atomic mass is 10.2. The fraction of sp³-hybridized carbons (Fsp3) is 0.125. The summed E-state index contributed by atoms with van der Waals surface area (Å²) in [5.41, 5.74) is 0.513. The number of carbonyl (C=O) groups is 1. The summed E-state index contributed by atoms with van der Waals surface area (Å²) in [7, 11) is 0. The Bertz CT molecular complexity index is 562. The fourth-order valence-electron chi connectivity index (χ4n) is 1.30. The first-order valence-corrected chi connectivity index (χ1v) is 3.84. The average Bonchev–Trinajstić information content (AvgIpc) is 2.42. The summed E-state index contributed by atoms with van der Waals surface area (Å²) in [5, 5.41) is 11.0. The second-order valence-electron chi connectivity index (χ2n) is 2.92. The summed E-state index contributed by atoms with van der Waals surface area (Å²) in [6, 6.07) is 2.28. The van der Waals surface area contributed by atoms with E-state index in [0.29, 0.717) is 5.56 Å². The van der Waals surface area contributed by atoms with Crippen LogP contribution in [0.15, 0.2) is 22.1 Å². The molecule has 0 fully saturated rings. The molecule has 0 saturated heterocycles. The van der Waals surface area contributed by atoms with Crippen LogP contribution in [0.5, 0.6) is 0 Å². The molecule has 0 bridgehead atoms. The molecule has 0 spiro atoms. The first-order chi connectivity index (χ1) is 6.58. The summed E-state index contributed by atoms with van der Waals surface area (Å²) in [6.07, 6.45) is 0. The van der Waals surface area contributed by atoms with Crippen LogP contribution < -0.4 is 10.7 Å². The number of carbonyl (C=O) groups excluding carboxylic acids is 1. The summed E-state index contributed by atoms with van der Waals surface area (Å²) in [6.45, 7) is 1.70. The number of non-ortho nitro benzene ring substituents is 1. The summed E-state index contributed by atoms with van der Waals surface area (Å²) in [5.74, 6) is 0. The fourth-order valence-corrected chi connectivity index (χ4v) is 1.30. The van der Waals surface area contributed by atoms with Gasteiger partial charge >= 0.3 is 6.03 Å². The Morgan fingerprint density at radius 2 is 2.07 bits per heavy atom. The average molecular weight is 191 g/mol. The summed E-state index contributed by atoms with van der Waals surface area (Å²) < 4.78 is 0. The monoisotopic (exact) mass is 191 g/mol. The summed E-state index contributed by atoms with van der Waals surface area (Å²) >= 11 is 0. The van der Waals surface area contributed by atoms with Crippen molar-refractivity contribution in [3.63, 3.8) is 0 Å². The van der Waals surface area contributed by atoms with E-state index in [-0.39, 0.29) is 16.4 Å². The molecule has 70 valence electrons. The molecule has 6 nitrogen and oxygen atoms in total. The molecule has 14 heavy (non-hydrogen) atoms. The molecule has 6 heteroatoms. The van der Waals surface area contributed by atoms with E-state index in [1.807, 2.05) is 0 Å². The van der Waals surface area contributed by atoms with Crippen molar-refractivity contribution in [3.8, 4) is 0 Å². The van der Waals surface area contributed by atoms with Crippen LogP contribution in [-0.4, -0.2) is 11.0 Å². The van der Waals surface area contributed by atoms with Gasteiger partial charge in [0.25, 0.3) is 5.69 Å². The van der Waals surface area contributed by atoms with Gasteiger partial charge in [-0.1, -0.05) is 0 Å². The van der Waals surface area contributed by atoms with E-state index < -0.39 is 11.0 Å². The van der Waals surface area contributed by atoms with E-state index in [0.717, 1.165) is 0 Å². The Morgan fingerprint density at radius 3 is 2.71 bits per heavy atom. The van der Waals surface area contributed by atoms with E-state index in [9.17, 15) is 14.9 Å². The Morgan fingerprint density at radius 1 is 1.36 bits per heavy atom. The number of hydrogen-bond acceptors (Lipinski definition) is 3. The zero-order valence-corrected chi connectivity index (χ0v) is 7.22. The molecule has 0 atom stereocenters. The van der Waals surface area contributed by atoms with Crippen molar-refractivity contribution < 1.29 is 9.72 Å². The number of aryl methyl sites for hydroxylation is 1. The lowest BCUT2D eigenvalue weighted by molar-refractivity contribution is -0.386. The van der Waals surface area contributed by atoms with Gasteiger partial charge in [-0.05, 0) is 18.6 Å². The molecule has 0 radical (unpaired) electrons. The highest BCUT2D eigenvalue weighted by Gasteiger charge is 2.17. The first kappa shape index (κ1) is 8.49. The van der Waals surface area contributed by atoms with Crippen LogP contribution in [0.3, 0.4) is 0 Å². The molecule has 1 aliphatic heterocycles. The maximum Gasteiger partial charge on any atom is 0.368 e. The topological polar surface area (TPSA) is 84.9 Å². The van der Waals surface area contributed by atoms with Crippen molar-refractivity contribution >= 4 is 11.7 Å². The Hall–Kier alpha value is -2.11. The molecule has 0 aromatic heterocycles. The first-order valence-electron chi connectivity index (χ1n) is 3.84. The Kier molecular flexibility index (Phi) is 1.63. The van der Waals surface area contributed by atoms with Crippen molar-refractivity contribution in [2.24, 2.45) is 9.98 Å². The quantitative estimate of drug-likeness (QED) is 0.471.